The first kappa shape index (κ1) is 15.1. The van der Waals surface area contributed by atoms with Crippen molar-refractivity contribution in [2.45, 2.75) is 19.8 Å². The van der Waals surface area contributed by atoms with Crippen LogP contribution in [0, 0.1) is 6.92 Å². The molecule has 0 amide bonds. The second-order valence-electron chi connectivity index (χ2n) is 6.04. The fourth-order valence-electron chi connectivity index (χ4n) is 3.19. The molecule has 1 aromatic heterocycles. The van der Waals surface area contributed by atoms with Gasteiger partial charge in [0.25, 0.3) is 0 Å². The first-order valence-corrected chi connectivity index (χ1v) is 8.36. The largest absolute Gasteiger partial charge is 0.246 e. The van der Waals surface area contributed by atoms with E-state index in [1.807, 2.05) is 29.4 Å². The predicted molar refractivity (Wildman–Crippen MR) is 98.3 cm³/mol. The lowest BCUT2D eigenvalue weighted by Crippen LogP contribution is -2.27. The summed E-state index contributed by atoms with van der Waals surface area (Å²) >= 11 is 6.07. The second kappa shape index (κ2) is 6.21. The van der Waals surface area contributed by atoms with E-state index in [2.05, 4.69) is 34.1 Å². The number of hydrogen-bond donors (Lipinski definition) is 0. The van der Waals surface area contributed by atoms with Gasteiger partial charge in [0.15, 0.2) is 0 Å². The maximum atomic E-state index is 6.07. The zero-order valence-electron chi connectivity index (χ0n) is 13.4. The smallest absolute Gasteiger partial charge is 0.228 e. The number of benzene rings is 1. The summed E-state index contributed by atoms with van der Waals surface area (Å²) in [4.78, 5) is 8.55. The summed E-state index contributed by atoms with van der Waals surface area (Å²) in [5, 5.41) is 7.14. The molecule has 1 aliphatic carbocycles. The molecule has 0 radical (unpaired) electrons. The highest BCUT2D eigenvalue weighted by Gasteiger charge is 2.21. The summed E-state index contributed by atoms with van der Waals surface area (Å²) in [6.45, 7) is 2.86. The average Bonchev–Trinajstić information content (AvgIpc) is 2.62. The van der Waals surface area contributed by atoms with E-state index in [4.69, 9.17) is 11.6 Å². The van der Waals surface area contributed by atoms with Crippen molar-refractivity contribution in [2.75, 3.05) is 11.6 Å². The van der Waals surface area contributed by atoms with E-state index < -0.39 is 0 Å². The molecule has 4 rings (SSSR count). The van der Waals surface area contributed by atoms with Crippen molar-refractivity contribution in [1.29, 1.82) is 0 Å². The van der Waals surface area contributed by atoms with Gasteiger partial charge in [-0.3, -0.25) is 0 Å². The standard InChI is InChI=1S/C19H17ClN4/c1-13-9-17(20)5-6-18(13)14-3-4-15-12-24(23-11-16(15)10-14)19-21-7-2-8-22-19/h2,5-11H,3-4,12H2,1H3. The fraction of sp³-hybridized carbons (Fsp3) is 0.211. The number of hydrazone groups is 1. The minimum atomic E-state index is 0.642. The van der Waals surface area contributed by atoms with E-state index in [0.29, 0.717) is 5.95 Å². The van der Waals surface area contributed by atoms with E-state index in [9.17, 15) is 0 Å². The molecular formula is C19H17ClN4. The van der Waals surface area contributed by atoms with E-state index in [1.54, 1.807) is 12.4 Å². The lowest BCUT2D eigenvalue weighted by Gasteiger charge is -2.27. The van der Waals surface area contributed by atoms with Crippen molar-refractivity contribution >= 4 is 29.3 Å². The third kappa shape index (κ3) is 2.85. The van der Waals surface area contributed by atoms with Gasteiger partial charge in [-0.2, -0.15) is 5.10 Å². The topological polar surface area (TPSA) is 41.4 Å². The van der Waals surface area contributed by atoms with Crippen LogP contribution in [0.4, 0.5) is 5.95 Å². The Labute approximate surface area is 146 Å². The van der Waals surface area contributed by atoms with Gasteiger partial charge in [0.05, 0.1) is 12.8 Å². The quantitative estimate of drug-likeness (QED) is 0.815. The molecule has 0 atom stereocenters. The Hall–Kier alpha value is -2.46. The lowest BCUT2D eigenvalue weighted by molar-refractivity contribution is 0.799. The Bertz CT molecular complexity index is 868. The van der Waals surface area contributed by atoms with Gasteiger partial charge in [0, 0.05) is 17.4 Å². The molecule has 2 aromatic rings. The Morgan fingerprint density at radius 3 is 2.75 bits per heavy atom. The minimum Gasteiger partial charge on any atom is -0.228 e. The minimum absolute atomic E-state index is 0.642. The second-order valence-corrected chi connectivity index (χ2v) is 6.48. The van der Waals surface area contributed by atoms with Crippen molar-refractivity contribution < 1.29 is 0 Å². The third-order valence-electron chi connectivity index (χ3n) is 4.43. The Morgan fingerprint density at radius 2 is 1.96 bits per heavy atom. The molecule has 0 fully saturated rings. The molecule has 24 heavy (non-hydrogen) atoms. The number of halogens is 1. The Morgan fingerprint density at radius 1 is 1.12 bits per heavy atom. The molecule has 0 unspecified atom stereocenters. The van der Waals surface area contributed by atoms with Crippen LogP contribution in [0.15, 0.2) is 59.0 Å². The molecule has 0 bridgehead atoms. The van der Waals surface area contributed by atoms with Gasteiger partial charge in [-0.25, -0.2) is 15.0 Å². The normalized spacial score (nSPS) is 16.9. The third-order valence-corrected chi connectivity index (χ3v) is 4.66. The van der Waals surface area contributed by atoms with Crippen LogP contribution in [0.1, 0.15) is 24.0 Å². The predicted octanol–water partition coefficient (Wildman–Crippen LogP) is 4.42. The first-order valence-electron chi connectivity index (χ1n) is 7.98. The molecular weight excluding hydrogens is 320 g/mol. The number of aryl methyl sites for hydroxylation is 1. The molecule has 1 aromatic carbocycles. The Kier molecular flexibility index (Phi) is 3.90. The van der Waals surface area contributed by atoms with Gasteiger partial charge in [0.1, 0.15) is 0 Å². The van der Waals surface area contributed by atoms with Crippen LogP contribution in [0.3, 0.4) is 0 Å². The zero-order valence-corrected chi connectivity index (χ0v) is 14.2. The molecule has 2 heterocycles. The highest BCUT2D eigenvalue weighted by Crippen LogP contribution is 2.34. The summed E-state index contributed by atoms with van der Waals surface area (Å²) in [5.74, 6) is 0.642. The fourth-order valence-corrected chi connectivity index (χ4v) is 3.42. The molecule has 120 valence electrons. The maximum absolute atomic E-state index is 6.07. The number of rotatable bonds is 2. The highest BCUT2D eigenvalue weighted by atomic mass is 35.5. The average molecular weight is 337 g/mol. The van der Waals surface area contributed by atoms with Crippen molar-refractivity contribution in [3.8, 4) is 0 Å². The van der Waals surface area contributed by atoms with Crippen LogP contribution >= 0.6 is 11.6 Å². The van der Waals surface area contributed by atoms with E-state index in [-0.39, 0.29) is 0 Å². The van der Waals surface area contributed by atoms with Gasteiger partial charge in [-0.15, -0.1) is 0 Å². The molecule has 0 N–H and O–H groups in total. The Balaban J connectivity index is 1.61. The van der Waals surface area contributed by atoms with Crippen molar-refractivity contribution in [3.63, 3.8) is 0 Å². The number of allylic oxidation sites excluding steroid dienone is 3. The van der Waals surface area contributed by atoms with Crippen LogP contribution in [0.5, 0.6) is 0 Å². The van der Waals surface area contributed by atoms with Gasteiger partial charge in [-0.1, -0.05) is 17.7 Å². The number of anilines is 1. The monoisotopic (exact) mass is 336 g/mol. The number of nitrogens with zero attached hydrogens (tertiary/aromatic N) is 4. The SMILES string of the molecule is Cc1cc(Cl)ccc1C1=CC2=C(CC1)CN(c1ncccn1)N=C2. The highest BCUT2D eigenvalue weighted by molar-refractivity contribution is 6.30. The van der Waals surface area contributed by atoms with Gasteiger partial charge in [0.2, 0.25) is 5.95 Å². The van der Waals surface area contributed by atoms with Crippen LogP contribution in [0.2, 0.25) is 5.02 Å². The summed E-state index contributed by atoms with van der Waals surface area (Å²) in [6, 6.07) is 7.90. The van der Waals surface area contributed by atoms with Crippen molar-refractivity contribution in [3.05, 3.63) is 70.0 Å². The molecule has 4 nitrogen and oxygen atoms in total. The summed E-state index contributed by atoms with van der Waals surface area (Å²) < 4.78 is 0. The van der Waals surface area contributed by atoms with E-state index >= 15 is 0 Å². The van der Waals surface area contributed by atoms with Gasteiger partial charge in [-0.05, 0) is 71.9 Å². The number of hydrogen-bond acceptors (Lipinski definition) is 4. The van der Waals surface area contributed by atoms with E-state index in [0.717, 1.165) is 24.4 Å². The van der Waals surface area contributed by atoms with Crippen LogP contribution in [-0.2, 0) is 0 Å². The van der Waals surface area contributed by atoms with Gasteiger partial charge < -0.3 is 0 Å². The molecule has 2 aliphatic rings. The van der Waals surface area contributed by atoms with Crippen LogP contribution in [0.25, 0.3) is 5.57 Å². The maximum Gasteiger partial charge on any atom is 0.246 e. The van der Waals surface area contributed by atoms with Crippen LogP contribution < -0.4 is 5.01 Å². The van der Waals surface area contributed by atoms with Crippen molar-refractivity contribution in [2.24, 2.45) is 5.10 Å². The molecule has 0 spiro atoms. The summed E-state index contributed by atoms with van der Waals surface area (Å²) in [5.41, 5.74) is 6.42. The van der Waals surface area contributed by atoms with Crippen LogP contribution in [-0.4, -0.2) is 22.7 Å². The van der Waals surface area contributed by atoms with Gasteiger partial charge >= 0.3 is 0 Å². The summed E-state index contributed by atoms with van der Waals surface area (Å²) in [7, 11) is 0. The molecule has 5 heteroatoms. The summed E-state index contributed by atoms with van der Waals surface area (Å²) in [6.07, 6.45) is 9.70. The molecule has 1 aliphatic heterocycles. The van der Waals surface area contributed by atoms with Crippen molar-refractivity contribution in [1.82, 2.24) is 9.97 Å². The molecule has 0 saturated heterocycles. The first-order chi connectivity index (χ1) is 11.7. The van der Waals surface area contributed by atoms with E-state index in [1.165, 1.54) is 27.8 Å². The zero-order chi connectivity index (χ0) is 16.5. The molecule has 0 saturated carbocycles. The lowest BCUT2D eigenvalue weighted by atomic mass is 9.87. The number of aromatic nitrogens is 2.